The van der Waals surface area contributed by atoms with Crippen LogP contribution in [0.25, 0.3) is 0 Å². The summed E-state index contributed by atoms with van der Waals surface area (Å²) in [5.41, 5.74) is 0. The molecule has 14 heavy (non-hydrogen) atoms. The molecule has 0 spiro atoms. The van der Waals surface area contributed by atoms with Gasteiger partial charge in [0.25, 0.3) is 0 Å². The van der Waals surface area contributed by atoms with Gasteiger partial charge >= 0.3 is 0 Å². The van der Waals surface area contributed by atoms with Crippen molar-refractivity contribution < 1.29 is 4.74 Å². The summed E-state index contributed by atoms with van der Waals surface area (Å²) in [4.78, 5) is 0. The molecular formula is C11H24N2O. The van der Waals surface area contributed by atoms with E-state index >= 15 is 0 Å². The van der Waals surface area contributed by atoms with Gasteiger partial charge in [-0.15, -0.1) is 0 Å². The van der Waals surface area contributed by atoms with E-state index in [4.69, 9.17) is 4.74 Å². The zero-order valence-corrected chi connectivity index (χ0v) is 9.68. The van der Waals surface area contributed by atoms with Crippen molar-refractivity contribution in [2.24, 2.45) is 5.92 Å². The summed E-state index contributed by atoms with van der Waals surface area (Å²) in [6, 6.07) is 1.13. The Morgan fingerprint density at radius 3 is 3.00 bits per heavy atom. The van der Waals surface area contributed by atoms with E-state index in [9.17, 15) is 0 Å². The van der Waals surface area contributed by atoms with Gasteiger partial charge in [0.05, 0.1) is 6.61 Å². The summed E-state index contributed by atoms with van der Waals surface area (Å²) in [7, 11) is 0. The minimum absolute atomic E-state index is 0.473. The predicted octanol–water partition coefficient (Wildman–Crippen LogP) is 0.999. The molecule has 84 valence electrons. The fourth-order valence-corrected chi connectivity index (χ4v) is 1.97. The Morgan fingerprint density at radius 2 is 2.36 bits per heavy atom. The number of ether oxygens (including phenoxy) is 1. The van der Waals surface area contributed by atoms with Crippen LogP contribution >= 0.6 is 0 Å². The lowest BCUT2D eigenvalue weighted by atomic mass is 9.95. The second kappa shape index (κ2) is 6.38. The molecule has 1 rings (SSSR count). The van der Waals surface area contributed by atoms with Gasteiger partial charge in [0.1, 0.15) is 0 Å². The molecule has 3 heteroatoms. The molecule has 0 saturated carbocycles. The molecule has 2 N–H and O–H groups in total. The normalized spacial score (nSPS) is 30.2. The van der Waals surface area contributed by atoms with Crippen molar-refractivity contribution in [2.45, 2.75) is 39.3 Å². The predicted molar refractivity (Wildman–Crippen MR) is 59.5 cm³/mol. The van der Waals surface area contributed by atoms with Gasteiger partial charge in [0.15, 0.2) is 0 Å². The summed E-state index contributed by atoms with van der Waals surface area (Å²) in [6.07, 6.45) is 1.23. The maximum absolute atomic E-state index is 5.39. The fourth-order valence-electron chi connectivity index (χ4n) is 1.97. The van der Waals surface area contributed by atoms with Crippen molar-refractivity contribution in [3.05, 3.63) is 0 Å². The van der Waals surface area contributed by atoms with E-state index < -0.39 is 0 Å². The fraction of sp³-hybridized carbons (Fsp3) is 1.00. The molecule has 1 fully saturated rings. The van der Waals surface area contributed by atoms with Crippen LogP contribution in [0.4, 0.5) is 0 Å². The van der Waals surface area contributed by atoms with Gasteiger partial charge in [0, 0.05) is 18.7 Å². The van der Waals surface area contributed by atoms with Gasteiger partial charge < -0.3 is 15.4 Å². The van der Waals surface area contributed by atoms with Crippen molar-refractivity contribution in [1.82, 2.24) is 10.6 Å². The summed E-state index contributed by atoms with van der Waals surface area (Å²) < 4.78 is 5.39. The van der Waals surface area contributed by atoms with E-state index in [0.29, 0.717) is 12.1 Å². The Kier molecular flexibility index (Phi) is 5.45. The van der Waals surface area contributed by atoms with Crippen LogP contribution in [0, 0.1) is 5.92 Å². The van der Waals surface area contributed by atoms with Crippen molar-refractivity contribution in [2.75, 3.05) is 26.3 Å². The minimum atomic E-state index is 0.473. The van der Waals surface area contributed by atoms with Crippen LogP contribution in [0.1, 0.15) is 27.2 Å². The summed E-state index contributed by atoms with van der Waals surface area (Å²) in [5, 5.41) is 7.05. The molecule has 1 saturated heterocycles. The lowest BCUT2D eigenvalue weighted by Crippen LogP contribution is -2.50. The lowest BCUT2D eigenvalue weighted by Gasteiger charge is -2.32. The molecule has 3 nitrogen and oxygen atoms in total. The summed E-state index contributed by atoms with van der Waals surface area (Å²) in [6.45, 7) is 10.5. The van der Waals surface area contributed by atoms with Gasteiger partial charge in [-0.3, -0.25) is 0 Å². The number of hydrogen-bond acceptors (Lipinski definition) is 3. The molecule has 0 aromatic carbocycles. The van der Waals surface area contributed by atoms with Crippen LogP contribution in [0.5, 0.6) is 0 Å². The van der Waals surface area contributed by atoms with E-state index in [1.807, 2.05) is 6.92 Å². The van der Waals surface area contributed by atoms with Crippen LogP contribution in [0.2, 0.25) is 0 Å². The van der Waals surface area contributed by atoms with Crippen LogP contribution in [0.15, 0.2) is 0 Å². The minimum Gasteiger partial charge on any atom is -0.380 e. The topological polar surface area (TPSA) is 33.3 Å². The molecule has 0 amide bonds. The molecule has 0 bridgehead atoms. The molecule has 0 aliphatic carbocycles. The third-order valence-electron chi connectivity index (χ3n) is 2.86. The Labute approximate surface area is 87.6 Å². The molecule has 0 aromatic rings. The maximum Gasteiger partial charge on any atom is 0.0616 e. The first kappa shape index (κ1) is 12.0. The SMILES string of the molecule is CCOCC(C)NC1CCNCC1C. The van der Waals surface area contributed by atoms with E-state index in [1.54, 1.807) is 0 Å². The number of rotatable bonds is 5. The van der Waals surface area contributed by atoms with Gasteiger partial charge in [-0.05, 0) is 39.3 Å². The van der Waals surface area contributed by atoms with Gasteiger partial charge in [0.2, 0.25) is 0 Å². The maximum atomic E-state index is 5.39. The van der Waals surface area contributed by atoms with Crippen molar-refractivity contribution in [1.29, 1.82) is 0 Å². The number of piperidine rings is 1. The average molecular weight is 200 g/mol. The molecule has 1 heterocycles. The quantitative estimate of drug-likeness (QED) is 0.694. The second-order valence-electron chi connectivity index (χ2n) is 4.30. The van der Waals surface area contributed by atoms with Crippen LogP contribution in [-0.4, -0.2) is 38.4 Å². The second-order valence-corrected chi connectivity index (χ2v) is 4.30. The molecule has 0 radical (unpaired) electrons. The first-order chi connectivity index (χ1) is 6.74. The molecule has 1 aliphatic heterocycles. The third-order valence-corrected chi connectivity index (χ3v) is 2.86. The van der Waals surface area contributed by atoms with Crippen LogP contribution in [-0.2, 0) is 4.74 Å². The summed E-state index contributed by atoms with van der Waals surface area (Å²) >= 11 is 0. The van der Waals surface area contributed by atoms with Crippen molar-refractivity contribution >= 4 is 0 Å². The zero-order chi connectivity index (χ0) is 10.4. The molecule has 3 atom stereocenters. The Bertz CT molecular complexity index is 152. The van der Waals surface area contributed by atoms with Crippen molar-refractivity contribution in [3.63, 3.8) is 0 Å². The third kappa shape index (κ3) is 3.95. The van der Waals surface area contributed by atoms with E-state index in [0.717, 1.165) is 32.2 Å². The molecule has 1 aliphatic rings. The highest BCUT2D eigenvalue weighted by molar-refractivity contribution is 4.82. The zero-order valence-electron chi connectivity index (χ0n) is 9.68. The average Bonchev–Trinajstić information content (AvgIpc) is 2.18. The highest BCUT2D eigenvalue weighted by Gasteiger charge is 2.21. The Morgan fingerprint density at radius 1 is 1.57 bits per heavy atom. The molecular weight excluding hydrogens is 176 g/mol. The highest BCUT2D eigenvalue weighted by atomic mass is 16.5. The Hall–Kier alpha value is -0.120. The Balaban J connectivity index is 2.20. The van der Waals surface area contributed by atoms with Crippen LogP contribution < -0.4 is 10.6 Å². The summed E-state index contributed by atoms with van der Waals surface area (Å²) in [5.74, 6) is 0.729. The smallest absolute Gasteiger partial charge is 0.0616 e. The van der Waals surface area contributed by atoms with E-state index in [-0.39, 0.29) is 0 Å². The number of hydrogen-bond donors (Lipinski definition) is 2. The number of nitrogens with one attached hydrogen (secondary N) is 2. The van der Waals surface area contributed by atoms with Gasteiger partial charge in [-0.1, -0.05) is 6.92 Å². The molecule has 3 unspecified atom stereocenters. The highest BCUT2D eigenvalue weighted by Crippen LogP contribution is 2.10. The van der Waals surface area contributed by atoms with Gasteiger partial charge in [-0.2, -0.15) is 0 Å². The largest absolute Gasteiger partial charge is 0.380 e. The molecule has 0 aromatic heterocycles. The first-order valence-corrected chi connectivity index (χ1v) is 5.78. The van der Waals surface area contributed by atoms with Gasteiger partial charge in [-0.25, -0.2) is 0 Å². The van der Waals surface area contributed by atoms with Crippen molar-refractivity contribution in [3.8, 4) is 0 Å². The van der Waals surface area contributed by atoms with Crippen LogP contribution in [0.3, 0.4) is 0 Å². The lowest BCUT2D eigenvalue weighted by molar-refractivity contribution is 0.117. The monoisotopic (exact) mass is 200 g/mol. The standard InChI is InChI=1S/C11H24N2O/c1-4-14-8-10(3)13-11-5-6-12-7-9(11)2/h9-13H,4-8H2,1-3H3. The van der Waals surface area contributed by atoms with E-state index in [1.165, 1.54) is 6.42 Å². The first-order valence-electron chi connectivity index (χ1n) is 5.78. The van der Waals surface area contributed by atoms with E-state index in [2.05, 4.69) is 24.5 Å².